The molecule has 0 aromatic heterocycles. The number of hydrogen-bond acceptors (Lipinski definition) is 1. The van der Waals surface area contributed by atoms with Gasteiger partial charge in [-0.05, 0) is 30.3 Å². The van der Waals surface area contributed by atoms with Crippen molar-refractivity contribution in [3.05, 3.63) is 35.4 Å². The number of carboxylic acids is 1. The zero-order chi connectivity index (χ0) is 20.1. The lowest BCUT2D eigenvalue weighted by Gasteiger charge is -2.09. The van der Waals surface area contributed by atoms with Crippen molar-refractivity contribution < 1.29 is 23.6 Å². The molecule has 0 aliphatic rings. The second-order valence-corrected chi connectivity index (χ2v) is 3.01. The molecule has 1 rings (SSSR count). The highest BCUT2D eigenvalue weighted by Crippen LogP contribution is 2.17. The number of carboxylic acid groups (broad SMARTS) is 1. The van der Waals surface area contributed by atoms with E-state index in [1.54, 1.807) is 0 Å². The summed E-state index contributed by atoms with van der Waals surface area (Å²) in [5.74, 6) is -6.90. The van der Waals surface area contributed by atoms with Gasteiger partial charge in [-0.3, -0.25) is 4.79 Å². The summed E-state index contributed by atoms with van der Waals surface area (Å²) in [6, 6.07) is 4.22. The monoisotopic (exact) mass is 216 g/mol. The average molecular weight is 216 g/mol. The van der Waals surface area contributed by atoms with Gasteiger partial charge in [0.15, 0.2) is 0 Å². The van der Waals surface area contributed by atoms with Crippen molar-refractivity contribution >= 4 is 5.97 Å². The molecule has 0 heterocycles. The van der Waals surface area contributed by atoms with Crippen molar-refractivity contribution in [3.8, 4) is 0 Å². The fourth-order valence-electron chi connectivity index (χ4n) is 1.07. The Hall–Kier alpha value is -1.31. The maximum Gasteiger partial charge on any atom is 0.310 e. The minimum Gasteiger partial charge on any atom is -0.481 e. The molecule has 1 aromatic carbocycles. The lowest BCUT2D eigenvalue weighted by Crippen LogP contribution is -2.07. The Morgan fingerprint density at radius 3 is 2.60 bits per heavy atom. The van der Waals surface area contributed by atoms with Gasteiger partial charge in [0.2, 0.25) is 0 Å². The van der Waals surface area contributed by atoms with E-state index >= 15 is 0 Å². The summed E-state index contributed by atoms with van der Waals surface area (Å²) in [5.41, 5.74) is -0.405. The first-order valence-electron chi connectivity index (χ1n) is 9.25. The highest BCUT2D eigenvalue weighted by atomic mass is 16.4. The first kappa shape index (κ1) is 3.93. The van der Waals surface area contributed by atoms with Crippen LogP contribution in [0, 0.1) is 5.89 Å². The molecule has 0 fully saturated rings. The number of hydrogen-bond donors (Lipinski definition) is 1. The van der Waals surface area contributed by atoms with Crippen LogP contribution in [0.1, 0.15) is 51.4 Å². The van der Waals surface area contributed by atoms with Gasteiger partial charge in [-0.25, -0.2) is 0 Å². The van der Waals surface area contributed by atoms with Gasteiger partial charge < -0.3 is 5.11 Å². The molecule has 1 atom stereocenters. The second-order valence-electron chi connectivity index (χ2n) is 3.01. The number of benzene rings is 1. The van der Waals surface area contributed by atoms with E-state index < -0.39 is 43.4 Å². The first-order valence-corrected chi connectivity index (χ1v) is 4.25. The Bertz CT molecular complexity index is 628. The van der Waals surface area contributed by atoms with Crippen LogP contribution in [-0.2, 0) is 11.2 Å². The zero-order valence-electron chi connectivity index (χ0n) is 18.2. The molecule has 1 unspecified atom stereocenters. The maximum atomic E-state index is 11.1. The predicted molar refractivity (Wildman–Crippen MR) is 61.0 cm³/mol. The molecule has 0 aliphatic carbocycles. The van der Waals surface area contributed by atoms with Crippen LogP contribution in [0.4, 0.5) is 0 Å². The van der Waals surface area contributed by atoms with Crippen LogP contribution in [0.15, 0.2) is 24.3 Å². The predicted octanol–water partition coefficient (Wildman–Crippen LogP) is 3.07. The van der Waals surface area contributed by atoms with Crippen LogP contribution in [-0.4, -0.2) is 11.1 Å². The maximum absolute atomic E-state index is 11.1. The molecule has 0 bridgehead atoms. The van der Waals surface area contributed by atoms with Gasteiger partial charge in [0.05, 0.1) is 5.89 Å². The lowest BCUT2D eigenvalue weighted by atomic mass is 9.97. The third kappa shape index (κ3) is 3.39. The highest BCUT2D eigenvalue weighted by molar-refractivity contribution is 5.75. The quantitative estimate of drug-likeness (QED) is 0.839. The molecular weight excluding hydrogens is 188 g/mol. The van der Waals surface area contributed by atoms with Gasteiger partial charge in [0, 0.05) is 13.7 Å². The van der Waals surface area contributed by atoms with Crippen LogP contribution < -0.4 is 0 Å². The number of aliphatic carboxylic acids is 1. The van der Waals surface area contributed by atoms with Gasteiger partial charge in [-0.2, -0.15) is 0 Å². The van der Waals surface area contributed by atoms with E-state index in [0.717, 1.165) is 31.2 Å². The van der Waals surface area contributed by atoms with Gasteiger partial charge in [-0.1, -0.05) is 38.0 Å². The van der Waals surface area contributed by atoms with E-state index in [0.29, 0.717) is 0 Å². The number of rotatable bonds is 4. The smallest absolute Gasteiger partial charge is 0.310 e. The summed E-state index contributed by atoms with van der Waals surface area (Å²) in [6.45, 7) is -5.80. The number of carbonyl (C=O) groups is 1. The third-order valence-corrected chi connectivity index (χ3v) is 1.91. The molecule has 1 aromatic rings. The van der Waals surface area contributed by atoms with Crippen LogP contribution >= 0.6 is 0 Å². The zero-order valence-corrected chi connectivity index (χ0v) is 8.16. The van der Waals surface area contributed by atoms with Gasteiger partial charge in [-0.15, -0.1) is 0 Å². The summed E-state index contributed by atoms with van der Waals surface area (Å²) in [5, 5.41) is 9.03. The minimum atomic E-state index is -3.45. The minimum absolute atomic E-state index is 0.00195. The Balaban J connectivity index is 3.50. The SMILES string of the molecule is [2H]C(C)(C(=O)O)c1ccc(C([2H])([2H])C([2H])(C([2H])([2H])[2H])C([2H])([2H])[2H])cc1. The summed E-state index contributed by atoms with van der Waals surface area (Å²) in [4.78, 5) is 11.1. The summed E-state index contributed by atoms with van der Waals surface area (Å²) >= 11 is 0. The van der Waals surface area contributed by atoms with Crippen molar-refractivity contribution in [1.29, 1.82) is 0 Å². The standard InChI is InChI=1S/C13H18O2/c1-9(2)8-11-4-6-12(7-5-11)10(3)13(14)15/h4-7,9-10H,8H2,1-3H3,(H,14,15)/i1D3,2D3,8D2,9D,10D. The van der Waals surface area contributed by atoms with Crippen LogP contribution in [0.5, 0.6) is 0 Å². The van der Waals surface area contributed by atoms with E-state index in [-0.39, 0.29) is 5.56 Å². The summed E-state index contributed by atoms with van der Waals surface area (Å²) < 4.78 is 76.1. The Labute approximate surface area is 105 Å². The topological polar surface area (TPSA) is 37.3 Å². The van der Waals surface area contributed by atoms with Crippen LogP contribution in [0.3, 0.4) is 0 Å². The van der Waals surface area contributed by atoms with Crippen molar-refractivity contribution in [2.75, 3.05) is 0 Å². The Morgan fingerprint density at radius 1 is 1.53 bits per heavy atom. The molecule has 15 heavy (non-hydrogen) atoms. The van der Waals surface area contributed by atoms with Crippen molar-refractivity contribution in [2.45, 2.75) is 32.9 Å². The van der Waals surface area contributed by atoms with E-state index in [4.69, 9.17) is 18.8 Å². The van der Waals surface area contributed by atoms with E-state index in [1.165, 1.54) is 0 Å². The molecular formula is C13H18O2. The third-order valence-electron chi connectivity index (χ3n) is 1.91. The Morgan fingerprint density at radius 2 is 2.13 bits per heavy atom. The second kappa shape index (κ2) is 4.96. The highest BCUT2D eigenvalue weighted by Gasteiger charge is 2.12. The fraction of sp³-hybridized carbons (Fsp3) is 0.462. The van der Waals surface area contributed by atoms with Gasteiger partial charge in [0.1, 0.15) is 0 Å². The van der Waals surface area contributed by atoms with Crippen LogP contribution in [0.25, 0.3) is 0 Å². The molecule has 0 spiro atoms. The Kier molecular flexibility index (Phi) is 1.30. The average Bonchev–Trinajstić information content (AvgIpc) is 2.43. The molecule has 82 valence electrons. The van der Waals surface area contributed by atoms with E-state index in [2.05, 4.69) is 0 Å². The van der Waals surface area contributed by atoms with Crippen molar-refractivity contribution in [3.63, 3.8) is 0 Å². The molecule has 2 heteroatoms. The van der Waals surface area contributed by atoms with Gasteiger partial charge in [0.25, 0.3) is 0 Å². The largest absolute Gasteiger partial charge is 0.481 e. The van der Waals surface area contributed by atoms with Crippen molar-refractivity contribution in [2.24, 2.45) is 5.89 Å². The molecule has 0 saturated heterocycles. The summed E-state index contributed by atoms with van der Waals surface area (Å²) in [6.07, 6.45) is -3.09. The van der Waals surface area contributed by atoms with Crippen molar-refractivity contribution in [1.82, 2.24) is 0 Å². The van der Waals surface area contributed by atoms with Gasteiger partial charge >= 0.3 is 5.97 Å². The van der Waals surface area contributed by atoms with E-state index in [9.17, 15) is 4.79 Å². The molecule has 0 aliphatic heterocycles. The first-order chi connectivity index (χ1) is 10.9. The molecule has 2 nitrogen and oxygen atoms in total. The fourth-order valence-corrected chi connectivity index (χ4v) is 1.07. The van der Waals surface area contributed by atoms with E-state index in [1.807, 2.05) is 0 Å². The molecule has 0 radical (unpaired) electrons. The molecule has 0 amide bonds. The normalized spacial score (nSPS) is 28.1. The molecule has 1 N–H and O–H groups in total. The summed E-state index contributed by atoms with van der Waals surface area (Å²) in [7, 11) is 0. The molecule has 0 saturated carbocycles. The lowest BCUT2D eigenvalue weighted by molar-refractivity contribution is -0.138. The van der Waals surface area contributed by atoms with Crippen LogP contribution in [0.2, 0.25) is 0 Å².